The molecule has 0 saturated heterocycles. The molecule has 2 N–H and O–H groups in total. The van der Waals surface area contributed by atoms with Gasteiger partial charge in [0.25, 0.3) is 5.91 Å². The van der Waals surface area contributed by atoms with Crippen molar-refractivity contribution < 1.29 is 14.7 Å². The monoisotopic (exact) mass is 398 g/mol. The molecule has 0 atom stereocenters. The van der Waals surface area contributed by atoms with Crippen molar-refractivity contribution in [2.24, 2.45) is 0 Å². The molecule has 30 heavy (non-hydrogen) atoms. The minimum atomic E-state index is -0.454. The summed E-state index contributed by atoms with van der Waals surface area (Å²) in [5, 5.41) is 13.2. The van der Waals surface area contributed by atoms with Crippen LogP contribution in [0.3, 0.4) is 0 Å². The number of hydrogen-bond donors (Lipinski definition) is 2. The molecule has 3 aromatic rings. The second-order valence-electron chi connectivity index (χ2n) is 7.14. The fourth-order valence-corrected chi connectivity index (χ4v) is 3.66. The van der Waals surface area contributed by atoms with Crippen LogP contribution in [0.4, 0.5) is 5.69 Å². The highest BCUT2D eigenvalue weighted by molar-refractivity contribution is 6.10. The number of fused-ring (bicyclic) bond motifs is 1. The Labute approximate surface area is 175 Å². The van der Waals surface area contributed by atoms with Crippen molar-refractivity contribution in [3.05, 3.63) is 95.6 Å². The van der Waals surface area contributed by atoms with Crippen LogP contribution in [0.2, 0.25) is 0 Å². The maximum absolute atomic E-state index is 13.0. The third kappa shape index (κ3) is 3.70. The molecule has 2 amide bonds. The van der Waals surface area contributed by atoms with E-state index >= 15 is 0 Å². The molecule has 1 aliphatic heterocycles. The third-order valence-electron chi connectivity index (χ3n) is 5.27. The number of aliphatic hydroxyl groups is 1. The number of amides is 2. The topological polar surface area (TPSA) is 69.6 Å². The Bertz CT molecular complexity index is 1120. The van der Waals surface area contributed by atoms with E-state index in [0.717, 1.165) is 16.7 Å². The van der Waals surface area contributed by atoms with Crippen molar-refractivity contribution in [1.29, 1.82) is 0 Å². The fourth-order valence-electron chi connectivity index (χ4n) is 3.66. The number of benzene rings is 3. The quantitative estimate of drug-likeness (QED) is 0.688. The van der Waals surface area contributed by atoms with Crippen LogP contribution in [0.25, 0.3) is 16.9 Å². The number of nitrogens with zero attached hydrogens (tertiary/aromatic N) is 1. The molecule has 4 rings (SSSR count). The summed E-state index contributed by atoms with van der Waals surface area (Å²) in [7, 11) is 1.48. The molecular formula is C25H22N2O3. The highest BCUT2D eigenvalue weighted by Crippen LogP contribution is 2.34. The highest BCUT2D eigenvalue weighted by atomic mass is 16.3. The lowest BCUT2D eigenvalue weighted by atomic mass is 10.0. The number of hydrogen-bond acceptors (Lipinski definition) is 3. The predicted octanol–water partition coefficient (Wildman–Crippen LogP) is 4.31. The zero-order chi connectivity index (χ0) is 21.1. The van der Waals surface area contributed by atoms with E-state index < -0.39 is 5.91 Å². The average Bonchev–Trinajstić information content (AvgIpc) is 2.90. The van der Waals surface area contributed by atoms with Gasteiger partial charge in [-0.15, -0.1) is 0 Å². The summed E-state index contributed by atoms with van der Waals surface area (Å²) in [6.07, 6.45) is -0.164. The molecule has 0 fully saturated rings. The number of carbonyl (C=O) groups excluding carboxylic acids is 2. The van der Waals surface area contributed by atoms with E-state index in [0.29, 0.717) is 17.8 Å². The minimum absolute atomic E-state index is 0.0804. The molecule has 0 aliphatic carbocycles. The minimum Gasteiger partial charge on any atom is -0.507 e. The Balaban J connectivity index is 1.66. The highest BCUT2D eigenvalue weighted by Gasteiger charge is 2.30. The molecule has 5 heteroatoms. The number of likely N-dealkylation sites (N-methyl/N-ethyl adjacent to an activating group) is 1. The Morgan fingerprint density at radius 2 is 1.57 bits per heavy atom. The SMILES string of the molecule is CNC(=O)C1=C(O)c2ccccc2N(Cc2ccc(-c3ccccc3)cc2)C(=O)C1. The van der Waals surface area contributed by atoms with E-state index in [-0.39, 0.29) is 23.7 Å². The molecule has 1 aliphatic rings. The summed E-state index contributed by atoms with van der Waals surface area (Å²) >= 11 is 0. The van der Waals surface area contributed by atoms with Crippen LogP contribution in [-0.4, -0.2) is 24.0 Å². The van der Waals surface area contributed by atoms with Gasteiger partial charge in [0.15, 0.2) is 0 Å². The van der Waals surface area contributed by atoms with Crippen LogP contribution >= 0.6 is 0 Å². The van der Waals surface area contributed by atoms with Crippen molar-refractivity contribution in [1.82, 2.24) is 5.32 Å². The first-order chi connectivity index (χ1) is 14.6. The van der Waals surface area contributed by atoms with E-state index in [2.05, 4.69) is 17.4 Å². The largest absolute Gasteiger partial charge is 0.507 e. The van der Waals surface area contributed by atoms with Crippen molar-refractivity contribution in [2.45, 2.75) is 13.0 Å². The van der Waals surface area contributed by atoms with Crippen LogP contribution in [0.15, 0.2) is 84.4 Å². The Kier molecular flexibility index (Phi) is 5.35. The van der Waals surface area contributed by atoms with Crippen molar-refractivity contribution in [2.75, 3.05) is 11.9 Å². The van der Waals surface area contributed by atoms with Gasteiger partial charge in [-0.3, -0.25) is 9.59 Å². The normalized spacial score (nSPS) is 13.6. The number of nitrogens with one attached hydrogen (secondary N) is 1. The van der Waals surface area contributed by atoms with Gasteiger partial charge < -0.3 is 15.3 Å². The van der Waals surface area contributed by atoms with Crippen LogP contribution in [0.5, 0.6) is 0 Å². The third-order valence-corrected chi connectivity index (χ3v) is 5.27. The van der Waals surface area contributed by atoms with E-state index in [1.54, 1.807) is 23.1 Å². The first-order valence-corrected chi connectivity index (χ1v) is 9.77. The first-order valence-electron chi connectivity index (χ1n) is 9.77. The summed E-state index contributed by atoms with van der Waals surface area (Å²) in [5.41, 5.74) is 4.33. The van der Waals surface area contributed by atoms with Gasteiger partial charge in [0.05, 0.1) is 24.2 Å². The maximum atomic E-state index is 13.0. The molecular weight excluding hydrogens is 376 g/mol. The van der Waals surface area contributed by atoms with Gasteiger partial charge in [0.1, 0.15) is 5.76 Å². The summed E-state index contributed by atoms with van der Waals surface area (Å²) < 4.78 is 0. The van der Waals surface area contributed by atoms with E-state index in [1.165, 1.54) is 7.05 Å². The summed E-state index contributed by atoms with van der Waals surface area (Å²) in [4.78, 5) is 26.9. The second kappa shape index (κ2) is 8.25. The van der Waals surface area contributed by atoms with Gasteiger partial charge in [0.2, 0.25) is 5.91 Å². The van der Waals surface area contributed by atoms with Gasteiger partial charge >= 0.3 is 0 Å². The zero-order valence-electron chi connectivity index (χ0n) is 16.6. The van der Waals surface area contributed by atoms with Crippen LogP contribution in [-0.2, 0) is 16.1 Å². The smallest absolute Gasteiger partial charge is 0.251 e. The summed E-state index contributed by atoms with van der Waals surface area (Å²) in [6.45, 7) is 0.346. The molecule has 0 bridgehead atoms. The number of anilines is 1. The molecule has 1 heterocycles. The van der Waals surface area contributed by atoms with Crippen LogP contribution < -0.4 is 10.2 Å². The Morgan fingerprint density at radius 3 is 2.27 bits per heavy atom. The standard InChI is InChI=1S/C25H22N2O3/c1-26-25(30)21-15-23(28)27(22-10-6-5-9-20(22)24(21)29)16-17-11-13-19(14-12-17)18-7-3-2-4-8-18/h2-14,29H,15-16H2,1H3,(H,26,30). The van der Waals surface area contributed by atoms with Crippen molar-refractivity contribution in [3.8, 4) is 11.1 Å². The zero-order valence-corrected chi connectivity index (χ0v) is 16.6. The molecule has 150 valence electrons. The summed E-state index contributed by atoms with van der Waals surface area (Å²) in [5.74, 6) is -0.845. The Morgan fingerprint density at radius 1 is 0.933 bits per heavy atom. The predicted molar refractivity (Wildman–Crippen MR) is 118 cm³/mol. The van der Waals surface area contributed by atoms with Crippen molar-refractivity contribution >= 4 is 23.3 Å². The molecule has 3 aromatic carbocycles. The van der Waals surface area contributed by atoms with Gasteiger partial charge in [0, 0.05) is 12.6 Å². The first kappa shape index (κ1) is 19.5. The molecule has 0 radical (unpaired) electrons. The van der Waals surface area contributed by atoms with E-state index in [1.807, 2.05) is 48.5 Å². The molecule has 0 unspecified atom stereocenters. The maximum Gasteiger partial charge on any atom is 0.251 e. The van der Waals surface area contributed by atoms with Crippen molar-refractivity contribution in [3.63, 3.8) is 0 Å². The fraction of sp³-hybridized carbons (Fsp3) is 0.120. The van der Waals surface area contributed by atoms with E-state index in [4.69, 9.17) is 0 Å². The van der Waals surface area contributed by atoms with Gasteiger partial charge in [-0.05, 0) is 28.8 Å². The number of rotatable bonds is 4. The Hall–Kier alpha value is -3.86. The van der Waals surface area contributed by atoms with Crippen LogP contribution in [0.1, 0.15) is 17.5 Å². The molecule has 0 spiro atoms. The molecule has 5 nitrogen and oxygen atoms in total. The van der Waals surface area contributed by atoms with Gasteiger partial charge in [-0.1, -0.05) is 66.7 Å². The average molecular weight is 398 g/mol. The second-order valence-corrected chi connectivity index (χ2v) is 7.14. The van der Waals surface area contributed by atoms with Gasteiger partial charge in [-0.2, -0.15) is 0 Å². The number of aliphatic hydroxyl groups excluding tert-OH is 1. The lowest BCUT2D eigenvalue weighted by Gasteiger charge is -2.23. The van der Waals surface area contributed by atoms with E-state index in [9.17, 15) is 14.7 Å². The summed E-state index contributed by atoms with van der Waals surface area (Å²) in [6, 6.07) is 25.2. The number of para-hydroxylation sites is 1. The lowest BCUT2D eigenvalue weighted by molar-refractivity contribution is -0.121. The molecule has 0 aromatic heterocycles. The number of carbonyl (C=O) groups is 2. The van der Waals surface area contributed by atoms with Crippen LogP contribution in [0, 0.1) is 0 Å². The molecule has 0 saturated carbocycles. The van der Waals surface area contributed by atoms with Gasteiger partial charge in [-0.25, -0.2) is 0 Å². The lowest BCUT2D eigenvalue weighted by Crippen LogP contribution is -2.31.